The number of nitrogens with zero attached hydrogens (tertiary/aromatic N) is 1. The largest absolute Gasteiger partial charge is 0.473 e. The van der Waals surface area contributed by atoms with E-state index in [-0.39, 0.29) is 5.91 Å². The first kappa shape index (κ1) is 16.2. The minimum Gasteiger partial charge on any atom is -0.473 e. The summed E-state index contributed by atoms with van der Waals surface area (Å²) in [5.74, 6) is 0.319. The van der Waals surface area contributed by atoms with Gasteiger partial charge in [0.1, 0.15) is 6.61 Å². The summed E-state index contributed by atoms with van der Waals surface area (Å²) in [6.45, 7) is 0.455. The molecule has 120 valence electrons. The van der Waals surface area contributed by atoms with Crippen molar-refractivity contribution in [3.05, 3.63) is 88.5 Å². The summed E-state index contributed by atoms with van der Waals surface area (Å²) in [7, 11) is 0. The summed E-state index contributed by atoms with van der Waals surface area (Å²) in [4.78, 5) is 16.4. The molecule has 0 atom stereocenters. The van der Waals surface area contributed by atoms with Gasteiger partial charge in [-0.05, 0) is 39.7 Å². The van der Waals surface area contributed by atoms with Crippen LogP contribution in [0.4, 0.5) is 5.69 Å². The number of carbonyl (C=O) groups excluding carboxylic acids is 1. The lowest BCUT2D eigenvalue weighted by atomic mass is 10.2. The van der Waals surface area contributed by atoms with Crippen LogP contribution in [0.3, 0.4) is 0 Å². The monoisotopic (exact) mass is 382 g/mol. The molecule has 0 saturated heterocycles. The Hall–Kier alpha value is -2.66. The van der Waals surface area contributed by atoms with Crippen LogP contribution in [0.25, 0.3) is 0 Å². The van der Waals surface area contributed by atoms with Gasteiger partial charge in [0.15, 0.2) is 0 Å². The first-order valence-electron chi connectivity index (χ1n) is 7.41. The lowest BCUT2D eigenvalue weighted by Gasteiger charge is -2.08. The molecule has 3 aromatic rings. The topological polar surface area (TPSA) is 51.2 Å². The zero-order valence-electron chi connectivity index (χ0n) is 12.8. The molecule has 1 aromatic heterocycles. The maximum Gasteiger partial charge on any atom is 0.256 e. The maximum atomic E-state index is 12.2. The van der Waals surface area contributed by atoms with Crippen LogP contribution in [0.15, 0.2) is 77.4 Å². The van der Waals surface area contributed by atoms with Crippen molar-refractivity contribution in [1.82, 2.24) is 4.98 Å². The summed E-state index contributed by atoms with van der Waals surface area (Å²) < 4.78 is 6.37. The first-order chi connectivity index (χ1) is 11.7. The van der Waals surface area contributed by atoms with Gasteiger partial charge in [-0.15, -0.1) is 0 Å². The number of anilines is 1. The van der Waals surface area contributed by atoms with Crippen molar-refractivity contribution in [3.8, 4) is 5.88 Å². The number of aromatic nitrogens is 1. The Morgan fingerprint density at radius 3 is 2.46 bits per heavy atom. The number of amides is 1. The molecule has 5 heteroatoms. The van der Waals surface area contributed by atoms with Crippen molar-refractivity contribution in [2.24, 2.45) is 0 Å². The van der Waals surface area contributed by atoms with Crippen molar-refractivity contribution >= 4 is 27.5 Å². The molecule has 0 aliphatic carbocycles. The molecule has 4 nitrogen and oxygen atoms in total. The summed E-state index contributed by atoms with van der Waals surface area (Å²) in [5.41, 5.74) is 2.26. The van der Waals surface area contributed by atoms with Gasteiger partial charge in [0.05, 0.1) is 17.4 Å². The molecule has 0 unspecified atom stereocenters. The smallest absolute Gasteiger partial charge is 0.256 e. The van der Waals surface area contributed by atoms with Gasteiger partial charge in [-0.3, -0.25) is 4.79 Å². The fourth-order valence-electron chi connectivity index (χ4n) is 2.11. The fraction of sp³-hybridized carbons (Fsp3) is 0.0526. The number of ether oxygens (including phenoxy) is 1. The lowest BCUT2D eigenvalue weighted by molar-refractivity contribution is 0.102. The molecule has 2 aromatic carbocycles. The molecule has 0 radical (unpaired) electrons. The number of hydrogen-bond acceptors (Lipinski definition) is 3. The second-order valence-corrected chi connectivity index (χ2v) is 5.95. The van der Waals surface area contributed by atoms with Gasteiger partial charge < -0.3 is 10.1 Å². The van der Waals surface area contributed by atoms with E-state index in [1.807, 2.05) is 48.5 Å². The Balaban J connectivity index is 1.60. The van der Waals surface area contributed by atoms with E-state index in [0.29, 0.717) is 23.7 Å². The number of halogens is 1. The standard InChI is InChI=1S/C19H15BrN2O2/c20-17-9-5-4-8-16(17)19(23)22-15-10-11-18(21-12-15)24-13-14-6-2-1-3-7-14/h1-12H,13H2,(H,22,23). The molecule has 1 amide bonds. The van der Waals surface area contributed by atoms with E-state index in [1.54, 1.807) is 24.4 Å². The van der Waals surface area contributed by atoms with E-state index in [0.717, 1.165) is 10.0 Å². The number of benzene rings is 2. The highest BCUT2D eigenvalue weighted by atomic mass is 79.9. The highest BCUT2D eigenvalue weighted by molar-refractivity contribution is 9.10. The Bertz CT molecular complexity index is 820. The van der Waals surface area contributed by atoms with E-state index in [1.165, 1.54) is 0 Å². The third-order valence-corrected chi connectivity index (χ3v) is 4.03. The number of hydrogen-bond donors (Lipinski definition) is 1. The van der Waals surface area contributed by atoms with Crippen molar-refractivity contribution < 1.29 is 9.53 Å². The van der Waals surface area contributed by atoms with E-state index in [4.69, 9.17) is 4.74 Å². The van der Waals surface area contributed by atoms with Crippen LogP contribution in [0, 0.1) is 0 Å². The molecule has 0 aliphatic rings. The molecule has 3 rings (SSSR count). The summed E-state index contributed by atoms with van der Waals surface area (Å²) in [6.07, 6.45) is 1.58. The zero-order chi connectivity index (χ0) is 16.8. The lowest BCUT2D eigenvalue weighted by Crippen LogP contribution is -2.12. The van der Waals surface area contributed by atoms with Gasteiger partial charge in [0, 0.05) is 10.5 Å². The van der Waals surface area contributed by atoms with Gasteiger partial charge >= 0.3 is 0 Å². The molecular formula is C19H15BrN2O2. The van der Waals surface area contributed by atoms with E-state index in [9.17, 15) is 4.79 Å². The number of rotatable bonds is 5. The molecule has 0 aliphatic heterocycles. The molecule has 0 bridgehead atoms. The molecule has 1 heterocycles. The molecular weight excluding hydrogens is 368 g/mol. The fourth-order valence-corrected chi connectivity index (χ4v) is 2.58. The highest BCUT2D eigenvalue weighted by Gasteiger charge is 2.09. The van der Waals surface area contributed by atoms with Gasteiger partial charge in [-0.2, -0.15) is 0 Å². The second kappa shape index (κ2) is 7.75. The van der Waals surface area contributed by atoms with Crippen LogP contribution in [-0.2, 0) is 6.61 Å². The van der Waals surface area contributed by atoms with Gasteiger partial charge in [0.2, 0.25) is 5.88 Å². The maximum absolute atomic E-state index is 12.2. The van der Waals surface area contributed by atoms with Gasteiger partial charge in [-0.25, -0.2) is 4.98 Å². The second-order valence-electron chi connectivity index (χ2n) is 5.09. The Morgan fingerprint density at radius 2 is 1.75 bits per heavy atom. The van der Waals surface area contributed by atoms with Crippen molar-refractivity contribution in [2.45, 2.75) is 6.61 Å². The SMILES string of the molecule is O=C(Nc1ccc(OCc2ccccc2)nc1)c1ccccc1Br. The van der Waals surface area contributed by atoms with E-state index < -0.39 is 0 Å². The van der Waals surface area contributed by atoms with Crippen molar-refractivity contribution in [2.75, 3.05) is 5.32 Å². The Morgan fingerprint density at radius 1 is 1.00 bits per heavy atom. The van der Waals surface area contributed by atoms with Gasteiger partial charge in [-0.1, -0.05) is 42.5 Å². The quantitative estimate of drug-likeness (QED) is 0.696. The number of carbonyl (C=O) groups is 1. The minimum absolute atomic E-state index is 0.192. The summed E-state index contributed by atoms with van der Waals surface area (Å²) in [5, 5.41) is 2.81. The third-order valence-electron chi connectivity index (χ3n) is 3.34. The van der Waals surface area contributed by atoms with Crippen LogP contribution in [0.5, 0.6) is 5.88 Å². The van der Waals surface area contributed by atoms with Crippen LogP contribution in [0.2, 0.25) is 0 Å². The van der Waals surface area contributed by atoms with E-state index in [2.05, 4.69) is 26.2 Å². The molecule has 1 N–H and O–H groups in total. The molecule has 24 heavy (non-hydrogen) atoms. The Labute approximate surface area is 148 Å². The first-order valence-corrected chi connectivity index (χ1v) is 8.20. The zero-order valence-corrected chi connectivity index (χ0v) is 14.4. The van der Waals surface area contributed by atoms with Crippen LogP contribution < -0.4 is 10.1 Å². The average Bonchev–Trinajstić information content (AvgIpc) is 2.62. The molecule has 0 fully saturated rings. The van der Waals surface area contributed by atoms with Crippen molar-refractivity contribution in [3.63, 3.8) is 0 Å². The average molecular weight is 383 g/mol. The van der Waals surface area contributed by atoms with Gasteiger partial charge in [0.25, 0.3) is 5.91 Å². The predicted molar refractivity (Wildman–Crippen MR) is 97.1 cm³/mol. The summed E-state index contributed by atoms with van der Waals surface area (Å²) in [6, 6.07) is 20.6. The van der Waals surface area contributed by atoms with Crippen LogP contribution in [0.1, 0.15) is 15.9 Å². The summed E-state index contributed by atoms with van der Waals surface area (Å²) >= 11 is 3.37. The van der Waals surface area contributed by atoms with Crippen LogP contribution >= 0.6 is 15.9 Å². The minimum atomic E-state index is -0.192. The number of pyridine rings is 1. The van der Waals surface area contributed by atoms with Crippen molar-refractivity contribution in [1.29, 1.82) is 0 Å². The third kappa shape index (κ3) is 4.20. The molecule has 0 saturated carbocycles. The highest BCUT2D eigenvalue weighted by Crippen LogP contribution is 2.18. The Kier molecular flexibility index (Phi) is 5.23. The van der Waals surface area contributed by atoms with E-state index >= 15 is 0 Å². The van der Waals surface area contributed by atoms with Crippen LogP contribution in [-0.4, -0.2) is 10.9 Å². The predicted octanol–water partition coefficient (Wildman–Crippen LogP) is 4.68. The normalized spacial score (nSPS) is 10.2. The molecule has 0 spiro atoms. The number of nitrogens with one attached hydrogen (secondary N) is 1.